The van der Waals surface area contributed by atoms with Crippen molar-refractivity contribution in [2.45, 2.75) is 13.1 Å². The van der Waals surface area contributed by atoms with E-state index in [1.807, 2.05) is 19.1 Å². The summed E-state index contributed by atoms with van der Waals surface area (Å²) in [6, 6.07) is 10.4. The minimum atomic E-state index is -4.66. The highest BCUT2D eigenvalue weighted by molar-refractivity contribution is 6.30. The van der Waals surface area contributed by atoms with Crippen molar-refractivity contribution in [3.05, 3.63) is 70.8 Å². The van der Waals surface area contributed by atoms with Crippen molar-refractivity contribution in [2.75, 3.05) is 5.32 Å². The summed E-state index contributed by atoms with van der Waals surface area (Å²) in [6.07, 6.45) is -3.35. The molecule has 0 unspecified atom stereocenters. The van der Waals surface area contributed by atoms with Crippen molar-refractivity contribution in [3.8, 4) is 5.69 Å². The number of carbonyl (C=O) groups is 1. The fourth-order valence-corrected chi connectivity index (χ4v) is 2.40. The lowest BCUT2D eigenvalue weighted by molar-refractivity contribution is -0.136. The fraction of sp³-hybridized carbons (Fsp3) is 0.118. The summed E-state index contributed by atoms with van der Waals surface area (Å²) in [5.41, 5.74) is 0.258. The van der Waals surface area contributed by atoms with E-state index in [0.717, 1.165) is 17.7 Å². The smallest absolute Gasteiger partial charge is 0.319 e. The van der Waals surface area contributed by atoms with E-state index in [4.69, 9.17) is 11.6 Å². The molecular formula is C17H12ClF3N4O. The highest BCUT2D eigenvalue weighted by Gasteiger charge is 2.34. The maximum absolute atomic E-state index is 13.1. The molecule has 0 fully saturated rings. The Bertz CT molecular complexity index is 951. The van der Waals surface area contributed by atoms with Gasteiger partial charge < -0.3 is 5.32 Å². The standard InChI is InChI=1S/C17H12ClF3N4O/c1-10-2-5-12(6-3-10)25-9-22-15(24-25)16(26)23-14-7-4-11(18)8-13(14)17(19,20)21/h2-9H,1H3,(H,23,26). The molecule has 9 heteroatoms. The van der Waals surface area contributed by atoms with Crippen LogP contribution in [0.4, 0.5) is 18.9 Å². The average molecular weight is 381 g/mol. The summed E-state index contributed by atoms with van der Waals surface area (Å²) in [5.74, 6) is -1.11. The molecule has 0 aliphatic carbocycles. The summed E-state index contributed by atoms with van der Waals surface area (Å²) in [5, 5.41) is 6.09. The lowest BCUT2D eigenvalue weighted by Crippen LogP contribution is -2.18. The quantitative estimate of drug-likeness (QED) is 0.727. The topological polar surface area (TPSA) is 59.8 Å². The SMILES string of the molecule is Cc1ccc(-n2cnc(C(=O)Nc3ccc(Cl)cc3C(F)(F)F)n2)cc1. The zero-order chi connectivity index (χ0) is 18.9. The molecule has 5 nitrogen and oxygen atoms in total. The van der Waals surface area contributed by atoms with E-state index in [-0.39, 0.29) is 10.8 Å². The molecule has 0 saturated carbocycles. The summed E-state index contributed by atoms with van der Waals surface area (Å²) in [4.78, 5) is 16.1. The van der Waals surface area contributed by atoms with Gasteiger partial charge in [0.2, 0.25) is 5.82 Å². The number of hydrogen-bond donors (Lipinski definition) is 1. The van der Waals surface area contributed by atoms with Crippen LogP contribution in [0.5, 0.6) is 0 Å². The van der Waals surface area contributed by atoms with Gasteiger partial charge in [-0.05, 0) is 37.3 Å². The Morgan fingerprint density at radius 3 is 2.50 bits per heavy atom. The molecule has 0 atom stereocenters. The third kappa shape index (κ3) is 3.85. The highest BCUT2D eigenvalue weighted by Crippen LogP contribution is 2.36. The van der Waals surface area contributed by atoms with Crippen LogP contribution < -0.4 is 5.32 Å². The monoisotopic (exact) mass is 380 g/mol. The Morgan fingerprint density at radius 1 is 1.15 bits per heavy atom. The van der Waals surface area contributed by atoms with E-state index in [2.05, 4.69) is 15.4 Å². The summed E-state index contributed by atoms with van der Waals surface area (Å²) in [6.45, 7) is 1.92. The zero-order valence-corrected chi connectivity index (χ0v) is 14.1. The molecule has 0 aliphatic rings. The Kier molecular flexibility index (Phi) is 4.69. The van der Waals surface area contributed by atoms with Crippen molar-refractivity contribution >= 4 is 23.2 Å². The van der Waals surface area contributed by atoms with Gasteiger partial charge in [0.1, 0.15) is 6.33 Å². The van der Waals surface area contributed by atoms with Crippen molar-refractivity contribution in [3.63, 3.8) is 0 Å². The van der Waals surface area contributed by atoms with Crippen LogP contribution in [0.2, 0.25) is 5.02 Å². The zero-order valence-electron chi connectivity index (χ0n) is 13.4. The van der Waals surface area contributed by atoms with Crippen molar-refractivity contribution < 1.29 is 18.0 Å². The molecule has 134 valence electrons. The first-order valence-electron chi connectivity index (χ1n) is 7.41. The minimum Gasteiger partial charge on any atom is -0.319 e. The number of nitrogens with zero attached hydrogens (tertiary/aromatic N) is 3. The third-order valence-corrected chi connectivity index (χ3v) is 3.76. The molecule has 0 radical (unpaired) electrons. The number of benzene rings is 2. The van der Waals surface area contributed by atoms with Crippen LogP contribution in [0, 0.1) is 6.92 Å². The van der Waals surface area contributed by atoms with Crippen LogP contribution in [0.1, 0.15) is 21.7 Å². The van der Waals surface area contributed by atoms with Crippen LogP contribution in [-0.2, 0) is 6.18 Å². The number of rotatable bonds is 3. The van der Waals surface area contributed by atoms with Crippen molar-refractivity contribution in [1.29, 1.82) is 0 Å². The number of nitrogens with one attached hydrogen (secondary N) is 1. The van der Waals surface area contributed by atoms with E-state index in [0.29, 0.717) is 5.69 Å². The van der Waals surface area contributed by atoms with Crippen molar-refractivity contribution in [1.82, 2.24) is 14.8 Å². The number of alkyl halides is 3. The predicted molar refractivity (Wildman–Crippen MR) is 90.5 cm³/mol. The molecule has 1 aromatic heterocycles. The minimum absolute atomic E-state index is 0.0860. The second kappa shape index (κ2) is 6.80. The first-order chi connectivity index (χ1) is 12.2. The largest absolute Gasteiger partial charge is 0.418 e. The summed E-state index contributed by atoms with van der Waals surface area (Å²) >= 11 is 5.62. The van der Waals surface area contributed by atoms with Crippen molar-refractivity contribution in [2.24, 2.45) is 0 Å². The molecule has 0 saturated heterocycles. The molecule has 1 N–H and O–H groups in total. The molecular weight excluding hydrogens is 369 g/mol. The van der Waals surface area contributed by atoms with Gasteiger partial charge in [0.15, 0.2) is 0 Å². The van der Waals surface area contributed by atoms with Gasteiger partial charge in [0, 0.05) is 5.02 Å². The molecule has 0 aliphatic heterocycles. The molecule has 1 amide bonds. The maximum Gasteiger partial charge on any atom is 0.418 e. The molecule has 3 rings (SSSR count). The van der Waals surface area contributed by atoms with E-state index in [1.165, 1.54) is 17.1 Å². The van der Waals surface area contributed by atoms with E-state index >= 15 is 0 Å². The van der Waals surface area contributed by atoms with Gasteiger partial charge in [0.25, 0.3) is 5.91 Å². The highest BCUT2D eigenvalue weighted by atomic mass is 35.5. The second-order valence-electron chi connectivity index (χ2n) is 5.49. The second-order valence-corrected chi connectivity index (χ2v) is 5.93. The molecule has 0 spiro atoms. The van der Waals surface area contributed by atoms with Crippen LogP contribution in [0.3, 0.4) is 0 Å². The first kappa shape index (κ1) is 17.9. The maximum atomic E-state index is 13.1. The lowest BCUT2D eigenvalue weighted by Gasteiger charge is -2.13. The van der Waals surface area contributed by atoms with Gasteiger partial charge in [-0.15, -0.1) is 5.10 Å². The first-order valence-corrected chi connectivity index (χ1v) is 7.78. The average Bonchev–Trinajstić information content (AvgIpc) is 3.06. The third-order valence-electron chi connectivity index (χ3n) is 3.53. The molecule has 26 heavy (non-hydrogen) atoms. The summed E-state index contributed by atoms with van der Waals surface area (Å²) in [7, 11) is 0. The number of amides is 1. The predicted octanol–water partition coefficient (Wildman–Crippen LogP) is 4.50. The number of carbonyl (C=O) groups excluding carboxylic acids is 1. The Morgan fingerprint density at radius 2 is 1.85 bits per heavy atom. The van der Waals surface area contributed by atoms with Crippen LogP contribution in [-0.4, -0.2) is 20.7 Å². The van der Waals surface area contributed by atoms with Crippen LogP contribution in [0.25, 0.3) is 5.69 Å². The molecule has 0 bridgehead atoms. The number of anilines is 1. The van der Waals surface area contributed by atoms with Gasteiger partial charge >= 0.3 is 6.18 Å². The normalized spacial score (nSPS) is 11.4. The van der Waals surface area contributed by atoms with Crippen LogP contribution in [0.15, 0.2) is 48.8 Å². The number of hydrogen-bond acceptors (Lipinski definition) is 3. The van der Waals surface area contributed by atoms with Crippen LogP contribution >= 0.6 is 11.6 Å². The summed E-state index contributed by atoms with van der Waals surface area (Å²) < 4.78 is 40.6. The van der Waals surface area contributed by atoms with E-state index in [1.54, 1.807) is 12.1 Å². The van der Waals surface area contributed by atoms with Gasteiger partial charge in [0.05, 0.1) is 16.9 Å². The van der Waals surface area contributed by atoms with Gasteiger partial charge in [-0.3, -0.25) is 4.79 Å². The van der Waals surface area contributed by atoms with E-state index < -0.39 is 23.3 Å². The number of aromatic nitrogens is 3. The van der Waals surface area contributed by atoms with Gasteiger partial charge in [-0.25, -0.2) is 9.67 Å². The van der Waals surface area contributed by atoms with Gasteiger partial charge in [-0.1, -0.05) is 29.3 Å². The molecule has 1 heterocycles. The van der Waals surface area contributed by atoms with E-state index in [9.17, 15) is 18.0 Å². The number of halogens is 4. The molecule has 3 aromatic rings. The Hall–Kier alpha value is -2.87. The number of aryl methyl sites for hydroxylation is 1. The van der Waals surface area contributed by atoms with Gasteiger partial charge in [-0.2, -0.15) is 13.2 Å². The Labute approximate surface area is 151 Å². The molecule has 2 aromatic carbocycles. The fourth-order valence-electron chi connectivity index (χ4n) is 2.23. The lowest BCUT2D eigenvalue weighted by atomic mass is 10.1. The Balaban J connectivity index is 1.85.